The molecule has 1 N–H and O–H groups in total. The minimum absolute atomic E-state index is 0.116. The molecule has 0 aliphatic heterocycles. The topological polar surface area (TPSA) is 69.0 Å². The Kier molecular flexibility index (Phi) is 8.17. The number of carbonyl (C=O) groups excluding carboxylic acids is 1. The number of hydrogen-bond donors (Lipinski definition) is 1. The van der Waals surface area contributed by atoms with E-state index in [1.165, 1.54) is 31.0 Å². The molecular weight excluding hydrogens is 479 g/mol. The number of amides is 1. The van der Waals surface area contributed by atoms with Gasteiger partial charge in [0.2, 0.25) is 5.91 Å². The van der Waals surface area contributed by atoms with Crippen LogP contribution in [-0.2, 0) is 11.4 Å². The van der Waals surface area contributed by atoms with Crippen molar-refractivity contribution in [3.8, 4) is 5.75 Å². The Labute approximate surface area is 208 Å². The number of aryl methyl sites for hydroxylation is 1. The first-order valence-corrected chi connectivity index (χ1v) is 12.7. The van der Waals surface area contributed by atoms with Gasteiger partial charge in [0.1, 0.15) is 12.4 Å². The van der Waals surface area contributed by atoms with Crippen molar-refractivity contribution >= 4 is 46.6 Å². The molecule has 9 heteroatoms. The van der Waals surface area contributed by atoms with Crippen LogP contribution in [0, 0.1) is 6.92 Å². The number of benzene rings is 2. The molecule has 0 unspecified atom stereocenters. The summed E-state index contributed by atoms with van der Waals surface area (Å²) in [7, 11) is 0. The van der Waals surface area contributed by atoms with E-state index in [9.17, 15) is 4.79 Å². The molecule has 1 amide bonds. The van der Waals surface area contributed by atoms with Gasteiger partial charge < -0.3 is 10.1 Å². The van der Waals surface area contributed by atoms with E-state index in [0.29, 0.717) is 28.4 Å². The maximum atomic E-state index is 12.5. The largest absolute Gasteiger partial charge is 0.486 e. The maximum Gasteiger partial charge on any atom is 0.234 e. The molecule has 1 aliphatic carbocycles. The summed E-state index contributed by atoms with van der Waals surface area (Å²) in [6.45, 7) is 2.25. The normalized spacial score (nSPS) is 14.3. The smallest absolute Gasteiger partial charge is 0.234 e. The van der Waals surface area contributed by atoms with Crippen molar-refractivity contribution < 1.29 is 9.53 Å². The zero-order valence-electron chi connectivity index (χ0n) is 18.4. The molecule has 0 bridgehead atoms. The molecule has 0 saturated heterocycles. The second-order valence-corrected chi connectivity index (χ2v) is 9.89. The quantitative estimate of drug-likeness (QED) is 0.345. The number of hydrogen-bond acceptors (Lipinski definition) is 5. The maximum absolute atomic E-state index is 12.5. The first kappa shape index (κ1) is 23.9. The number of thioether (sulfide) groups is 1. The molecule has 0 radical (unpaired) electrons. The van der Waals surface area contributed by atoms with Crippen molar-refractivity contribution in [3.05, 3.63) is 63.9 Å². The molecule has 0 atom stereocenters. The van der Waals surface area contributed by atoms with Gasteiger partial charge in [-0.25, -0.2) is 0 Å². The summed E-state index contributed by atoms with van der Waals surface area (Å²) < 4.78 is 8.17. The second-order valence-electron chi connectivity index (χ2n) is 8.11. The lowest BCUT2D eigenvalue weighted by atomic mass is 9.95. The number of anilines is 1. The van der Waals surface area contributed by atoms with Crippen LogP contribution in [0.25, 0.3) is 0 Å². The summed E-state index contributed by atoms with van der Waals surface area (Å²) in [6, 6.07) is 13.0. The molecule has 1 aromatic heterocycles. The fourth-order valence-electron chi connectivity index (χ4n) is 3.96. The number of rotatable bonds is 8. The molecule has 2 aromatic carbocycles. The van der Waals surface area contributed by atoms with Crippen molar-refractivity contribution in [1.82, 2.24) is 14.8 Å². The molecule has 1 saturated carbocycles. The van der Waals surface area contributed by atoms with Gasteiger partial charge in [-0.05, 0) is 61.7 Å². The van der Waals surface area contributed by atoms with Crippen LogP contribution < -0.4 is 10.1 Å². The predicted octanol–water partition coefficient (Wildman–Crippen LogP) is 6.71. The SMILES string of the molecule is Cc1cc(OCc2nnc(SCC(=O)Nc3cccc(Cl)c3)n2C2CCCCC2)ccc1Cl. The zero-order valence-corrected chi connectivity index (χ0v) is 20.7. The molecule has 1 fully saturated rings. The Morgan fingerprint density at radius 3 is 2.73 bits per heavy atom. The highest BCUT2D eigenvalue weighted by Crippen LogP contribution is 2.33. The summed E-state index contributed by atoms with van der Waals surface area (Å²) in [5.74, 6) is 1.63. The second kappa shape index (κ2) is 11.3. The van der Waals surface area contributed by atoms with E-state index in [-0.39, 0.29) is 11.7 Å². The lowest BCUT2D eigenvalue weighted by Crippen LogP contribution is -2.19. The van der Waals surface area contributed by atoms with Crippen molar-refractivity contribution in [2.24, 2.45) is 0 Å². The average Bonchev–Trinajstić information content (AvgIpc) is 3.22. The highest BCUT2D eigenvalue weighted by Gasteiger charge is 2.24. The molecule has 6 nitrogen and oxygen atoms in total. The van der Waals surface area contributed by atoms with Crippen molar-refractivity contribution in [1.29, 1.82) is 0 Å². The first-order chi connectivity index (χ1) is 16.0. The van der Waals surface area contributed by atoms with Gasteiger partial charge in [0.15, 0.2) is 11.0 Å². The van der Waals surface area contributed by atoms with Crippen molar-refractivity contribution in [2.45, 2.75) is 56.8 Å². The van der Waals surface area contributed by atoms with Gasteiger partial charge in [-0.3, -0.25) is 9.36 Å². The number of halogens is 2. The van der Waals surface area contributed by atoms with E-state index >= 15 is 0 Å². The first-order valence-electron chi connectivity index (χ1n) is 11.0. The minimum atomic E-state index is -0.116. The van der Waals surface area contributed by atoms with E-state index < -0.39 is 0 Å². The Bertz CT molecular complexity index is 1120. The minimum Gasteiger partial charge on any atom is -0.486 e. The molecule has 3 aromatic rings. The highest BCUT2D eigenvalue weighted by atomic mass is 35.5. The molecule has 0 spiro atoms. The van der Waals surface area contributed by atoms with E-state index in [4.69, 9.17) is 27.9 Å². The lowest BCUT2D eigenvalue weighted by Gasteiger charge is -2.25. The van der Waals surface area contributed by atoms with Crippen LogP contribution in [0.2, 0.25) is 10.0 Å². The van der Waals surface area contributed by atoms with Crippen LogP contribution in [0.4, 0.5) is 5.69 Å². The molecule has 33 heavy (non-hydrogen) atoms. The zero-order chi connectivity index (χ0) is 23.2. The van der Waals surface area contributed by atoms with E-state index in [1.807, 2.05) is 31.2 Å². The van der Waals surface area contributed by atoms with Crippen LogP contribution in [0.3, 0.4) is 0 Å². The van der Waals surface area contributed by atoms with Gasteiger partial charge in [-0.15, -0.1) is 10.2 Å². The van der Waals surface area contributed by atoms with E-state index in [0.717, 1.165) is 35.1 Å². The fraction of sp³-hybridized carbons (Fsp3) is 0.375. The average molecular weight is 505 g/mol. The van der Waals surface area contributed by atoms with Gasteiger partial charge in [-0.2, -0.15) is 0 Å². The van der Waals surface area contributed by atoms with Gasteiger partial charge in [0.25, 0.3) is 0 Å². The monoisotopic (exact) mass is 504 g/mol. The van der Waals surface area contributed by atoms with Crippen LogP contribution >= 0.6 is 35.0 Å². The molecule has 1 aliphatic rings. The van der Waals surface area contributed by atoms with Crippen molar-refractivity contribution in [3.63, 3.8) is 0 Å². The number of aromatic nitrogens is 3. The summed E-state index contributed by atoms with van der Waals surface area (Å²) in [6.07, 6.45) is 5.76. The summed E-state index contributed by atoms with van der Waals surface area (Å²) >= 11 is 13.5. The Morgan fingerprint density at radius 1 is 1.15 bits per heavy atom. The molecular formula is C24H26Cl2N4O2S. The lowest BCUT2D eigenvalue weighted by molar-refractivity contribution is -0.113. The van der Waals surface area contributed by atoms with E-state index in [2.05, 4.69) is 20.1 Å². The van der Waals surface area contributed by atoms with E-state index in [1.54, 1.807) is 18.2 Å². The summed E-state index contributed by atoms with van der Waals surface area (Å²) in [4.78, 5) is 12.5. The number of ether oxygens (including phenoxy) is 1. The molecule has 4 rings (SSSR count). The number of nitrogens with zero attached hydrogens (tertiary/aromatic N) is 3. The van der Waals surface area contributed by atoms with Crippen LogP contribution in [0.15, 0.2) is 47.6 Å². The standard InChI is InChI=1S/C24H26Cl2N4O2S/c1-16-12-20(10-11-21(16)26)32-14-22-28-29-24(30(22)19-8-3-2-4-9-19)33-15-23(31)27-18-7-5-6-17(25)13-18/h5-7,10-13,19H,2-4,8-9,14-15H2,1H3,(H,27,31). The summed E-state index contributed by atoms with van der Waals surface area (Å²) in [5, 5.41) is 13.7. The van der Waals surface area contributed by atoms with Crippen LogP contribution in [0.5, 0.6) is 5.75 Å². The Balaban J connectivity index is 1.45. The van der Waals surface area contributed by atoms with Crippen LogP contribution in [-0.4, -0.2) is 26.4 Å². The summed E-state index contributed by atoms with van der Waals surface area (Å²) in [5.41, 5.74) is 1.64. The highest BCUT2D eigenvalue weighted by molar-refractivity contribution is 7.99. The third-order valence-corrected chi connectivity index (χ3v) is 7.22. The molecule has 174 valence electrons. The third-order valence-electron chi connectivity index (χ3n) is 5.61. The predicted molar refractivity (Wildman–Crippen MR) is 133 cm³/mol. The number of nitrogens with one attached hydrogen (secondary N) is 1. The Morgan fingerprint density at radius 2 is 1.97 bits per heavy atom. The van der Waals surface area contributed by atoms with Gasteiger partial charge >= 0.3 is 0 Å². The fourth-order valence-corrected chi connectivity index (χ4v) is 5.09. The number of carbonyl (C=O) groups is 1. The third kappa shape index (κ3) is 6.43. The van der Waals surface area contributed by atoms with Gasteiger partial charge in [0.05, 0.1) is 5.75 Å². The Hall–Kier alpha value is -2.22. The van der Waals surface area contributed by atoms with Crippen molar-refractivity contribution in [2.75, 3.05) is 11.1 Å². The van der Waals surface area contributed by atoms with Gasteiger partial charge in [0, 0.05) is 21.8 Å². The van der Waals surface area contributed by atoms with Gasteiger partial charge in [-0.1, -0.05) is 60.3 Å². The molecule has 1 heterocycles. The van der Waals surface area contributed by atoms with Crippen LogP contribution in [0.1, 0.15) is 49.5 Å².